The molecule has 6 nitrogen and oxygen atoms in total. The highest BCUT2D eigenvalue weighted by Crippen LogP contribution is 2.22. The average Bonchev–Trinajstić information content (AvgIpc) is 2.52. The van der Waals surface area contributed by atoms with E-state index in [0.29, 0.717) is 0 Å². The molecular weight excluding hydrogens is 200 g/mol. The minimum absolute atomic E-state index is 0.261. The summed E-state index contributed by atoms with van der Waals surface area (Å²) in [5, 5.41) is 5.47. The molecule has 0 aliphatic carbocycles. The lowest BCUT2D eigenvalue weighted by Gasteiger charge is -1.99. The molecule has 14 heavy (non-hydrogen) atoms. The minimum atomic E-state index is 0.261. The number of anilines is 1. The van der Waals surface area contributed by atoms with E-state index >= 15 is 0 Å². The molecule has 0 amide bonds. The summed E-state index contributed by atoms with van der Waals surface area (Å²) < 4.78 is 1.67. The molecule has 2 N–H and O–H groups in total. The van der Waals surface area contributed by atoms with Gasteiger partial charge >= 0.3 is 0 Å². The summed E-state index contributed by atoms with van der Waals surface area (Å²) in [7, 11) is 1.82. The standard InChI is InChI=1S/C7H8N6S/c1-13-7(10-4-11-13)14-5-2-3-9-6(8)12-5/h2-4H,1H3,(H2,8,9,12). The van der Waals surface area contributed by atoms with Gasteiger partial charge in [0.15, 0.2) is 5.16 Å². The molecule has 0 aliphatic heterocycles. The van der Waals surface area contributed by atoms with Crippen LogP contribution < -0.4 is 5.73 Å². The van der Waals surface area contributed by atoms with Crippen molar-refractivity contribution < 1.29 is 0 Å². The van der Waals surface area contributed by atoms with E-state index in [9.17, 15) is 0 Å². The third-order valence-electron chi connectivity index (χ3n) is 1.51. The number of hydrogen-bond acceptors (Lipinski definition) is 6. The monoisotopic (exact) mass is 208 g/mol. The summed E-state index contributed by atoms with van der Waals surface area (Å²) in [6.07, 6.45) is 3.11. The molecule has 72 valence electrons. The van der Waals surface area contributed by atoms with Gasteiger partial charge in [0.05, 0.1) is 0 Å². The average molecular weight is 208 g/mol. The van der Waals surface area contributed by atoms with Crippen LogP contribution in [0.5, 0.6) is 0 Å². The third kappa shape index (κ3) is 1.82. The van der Waals surface area contributed by atoms with E-state index in [4.69, 9.17) is 5.73 Å². The first-order valence-electron chi connectivity index (χ1n) is 3.86. The van der Waals surface area contributed by atoms with Crippen molar-refractivity contribution in [2.75, 3.05) is 5.73 Å². The largest absolute Gasteiger partial charge is 0.368 e. The smallest absolute Gasteiger partial charge is 0.221 e. The Morgan fingerprint density at radius 3 is 2.93 bits per heavy atom. The Labute approximate surface area is 84.6 Å². The van der Waals surface area contributed by atoms with Crippen molar-refractivity contribution in [1.29, 1.82) is 0 Å². The zero-order valence-electron chi connectivity index (χ0n) is 7.45. The highest BCUT2D eigenvalue weighted by atomic mass is 32.2. The van der Waals surface area contributed by atoms with Crippen LogP contribution in [0.25, 0.3) is 0 Å². The second-order valence-electron chi connectivity index (χ2n) is 2.52. The zero-order valence-corrected chi connectivity index (χ0v) is 8.27. The topological polar surface area (TPSA) is 82.5 Å². The van der Waals surface area contributed by atoms with E-state index in [-0.39, 0.29) is 5.95 Å². The van der Waals surface area contributed by atoms with Gasteiger partial charge in [-0.3, -0.25) is 0 Å². The van der Waals surface area contributed by atoms with Crippen LogP contribution in [0.3, 0.4) is 0 Å². The number of nitrogen functional groups attached to an aromatic ring is 1. The van der Waals surface area contributed by atoms with Crippen LogP contribution in [0.1, 0.15) is 0 Å². The summed E-state index contributed by atoms with van der Waals surface area (Å²) >= 11 is 1.39. The molecule has 0 unspecified atom stereocenters. The lowest BCUT2D eigenvalue weighted by atomic mass is 10.7. The molecule has 2 heterocycles. The van der Waals surface area contributed by atoms with Crippen molar-refractivity contribution in [2.45, 2.75) is 10.2 Å². The second-order valence-corrected chi connectivity index (χ2v) is 3.51. The molecule has 0 aromatic carbocycles. The molecular formula is C7H8N6S. The van der Waals surface area contributed by atoms with Crippen molar-refractivity contribution in [3.8, 4) is 0 Å². The van der Waals surface area contributed by atoms with E-state index in [1.54, 1.807) is 16.9 Å². The van der Waals surface area contributed by atoms with Crippen LogP contribution in [0.15, 0.2) is 28.8 Å². The fourth-order valence-electron chi connectivity index (χ4n) is 0.885. The van der Waals surface area contributed by atoms with Crippen LogP contribution in [0.2, 0.25) is 0 Å². The molecule has 0 saturated heterocycles. The summed E-state index contributed by atoms with van der Waals surface area (Å²) in [6, 6.07) is 1.77. The highest BCUT2D eigenvalue weighted by Gasteiger charge is 2.04. The lowest BCUT2D eigenvalue weighted by molar-refractivity contribution is 0.684. The fraction of sp³-hybridized carbons (Fsp3) is 0.143. The molecule has 0 atom stereocenters. The molecule has 0 spiro atoms. The van der Waals surface area contributed by atoms with Crippen molar-refractivity contribution in [2.24, 2.45) is 7.05 Å². The van der Waals surface area contributed by atoms with Gasteiger partial charge in [-0.1, -0.05) is 0 Å². The van der Waals surface area contributed by atoms with Crippen LogP contribution >= 0.6 is 11.8 Å². The Bertz CT molecular complexity index is 439. The molecule has 2 rings (SSSR count). The Morgan fingerprint density at radius 1 is 1.43 bits per heavy atom. The van der Waals surface area contributed by atoms with Crippen LogP contribution in [0, 0.1) is 0 Å². The number of nitrogens with two attached hydrogens (primary N) is 1. The molecule has 0 saturated carbocycles. The second kappa shape index (κ2) is 3.62. The molecule has 7 heteroatoms. The summed E-state index contributed by atoms with van der Waals surface area (Å²) in [6.45, 7) is 0. The number of nitrogens with zero attached hydrogens (tertiary/aromatic N) is 5. The first-order valence-corrected chi connectivity index (χ1v) is 4.68. The van der Waals surface area contributed by atoms with Gasteiger partial charge in [-0.2, -0.15) is 5.10 Å². The maximum Gasteiger partial charge on any atom is 0.221 e. The Kier molecular flexibility index (Phi) is 2.32. The van der Waals surface area contributed by atoms with E-state index < -0.39 is 0 Å². The SMILES string of the molecule is Cn1ncnc1Sc1ccnc(N)n1. The fourth-order valence-corrected chi connectivity index (χ4v) is 1.62. The first-order chi connectivity index (χ1) is 6.75. The predicted molar refractivity (Wildman–Crippen MR) is 51.6 cm³/mol. The van der Waals surface area contributed by atoms with E-state index in [0.717, 1.165) is 10.2 Å². The van der Waals surface area contributed by atoms with Crippen molar-refractivity contribution in [1.82, 2.24) is 24.7 Å². The third-order valence-corrected chi connectivity index (χ3v) is 2.50. The first kappa shape index (κ1) is 8.95. The van der Waals surface area contributed by atoms with Gasteiger partial charge in [-0.25, -0.2) is 19.6 Å². The normalized spacial score (nSPS) is 10.4. The summed E-state index contributed by atoms with van der Waals surface area (Å²) in [5.74, 6) is 0.261. The van der Waals surface area contributed by atoms with Crippen LogP contribution in [-0.4, -0.2) is 24.7 Å². The minimum Gasteiger partial charge on any atom is -0.368 e. The van der Waals surface area contributed by atoms with Gasteiger partial charge in [0.25, 0.3) is 0 Å². The number of aromatic nitrogens is 5. The van der Waals surface area contributed by atoms with Crippen molar-refractivity contribution >= 4 is 17.7 Å². The van der Waals surface area contributed by atoms with E-state index in [2.05, 4.69) is 20.1 Å². The van der Waals surface area contributed by atoms with Gasteiger partial charge in [-0.05, 0) is 17.8 Å². The Balaban J connectivity index is 2.23. The van der Waals surface area contributed by atoms with Gasteiger partial charge in [-0.15, -0.1) is 0 Å². The molecule has 0 radical (unpaired) electrons. The summed E-state index contributed by atoms with van der Waals surface area (Å²) in [4.78, 5) is 11.9. The molecule has 0 fully saturated rings. The molecule has 0 bridgehead atoms. The maximum absolute atomic E-state index is 5.45. The van der Waals surface area contributed by atoms with E-state index in [1.165, 1.54) is 18.1 Å². The number of hydrogen-bond donors (Lipinski definition) is 1. The van der Waals surface area contributed by atoms with Gasteiger partial charge in [0.1, 0.15) is 11.4 Å². The molecule has 2 aromatic rings. The molecule has 2 aromatic heterocycles. The van der Waals surface area contributed by atoms with Crippen molar-refractivity contribution in [3.63, 3.8) is 0 Å². The van der Waals surface area contributed by atoms with Gasteiger partial charge in [0.2, 0.25) is 5.95 Å². The quantitative estimate of drug-likeness (QED) is 0.716. The van der Waals surface area contributed by atoms with E-state index in [1.807, 2.05) is 7.05 Å². The summed E-state index contributed by atoms with van der Waals surface area (Å²) in [5.41, 5.74) is 5.45. The van der Waals surface area contributed by atoms with Crippen LogP contribution in [-0.2, 0) is 7.05 Å². The molecule has 0 aliphatic rings. The van der Waals surface area contributed by atoms with Crippen LogP contribution in [0.4, 0.5) is 5.95 Å². The van der Waals surface area contributed by atoms with Crippen molar-refractivity contribution in [3.05, 3.63) is 18.6 Å². The zero-order chi connectivity index (χ0) is 9.97. The lowest BCUT2D eigenvalue weighted by Crippen LogP contribution is -1.96. The highest BCUT2D eigenvalue weighted by molar-refractivity contribution is 7.99. The Morgan fingerprint density at radius 2 is 2.29 bits per heavy atom. The van der Waals surface area contributed by atoms with Gasteiger partial charge in [0, 0.05) is 13.2 Å². The number of aryl methyl sites for hydroxylation is 1. The number of rotatable bonds is 2. The van der Waals surface area contributed by atoms with Gasteiger partial charge < -0.3 is 5.73 Å². The predicted octanol–water partition coefficient (Wildman–Crippen LogP) is 0.338. The Hall–Kier alpha value is -1.63. The maximum atomic E-state index is 5.45.